The highest BCUT2D eigenvalue weighted by molar-refractivity contribution is 5.98. The smallest absolute Gasteiger partial charge is 0.407 e. The summed E-state index contributed by atoms with van der Waals surface area (Å²) in [4.78, 5) is 49.0. The van der Waals surface area contributed by atoms with E-state index < -0.39 is 30.0 Å². The minimum atomic E-state index is -0.792. The molecule has 0 spiro atoms. The molecule has 1 aromatic rings. The van der Waals surface area contributed by atoms with Gasteiger partial charge in [0.15, 0.2) is 0 Å². The van der Waals surface area contributed by atoms with Crippen LogP contribution in [0.5, 0.6) is 0 Å². The molecule has 0 aliphatic carbocycles. The molecule has 0 fully saturated rings. The molecule has 4 amide bonds. The Labute approximate surface area is 201 Å². The summed E-state index contributed by atoms with van der Waals surface area (Å²) in [7, 11) is 0. The normalized spacial score (nSPS) is 12.6. The summed E-state index contributed by atoms with van der Waals surface area (Å²) in [6, 6.07) is 5.33. The Morgan fingerprint density at radius 2 is 1.59 bits per heavy atom. The summed E-state index contributed by atoms with van der Waals surface area (Å²) in [6.07, 6.45) is 1.56. The summed E-state index contributed by atoms with van der Waals surface area (Å²) in [6.45, 7) is 9.17. The number of nitrogens with one attached hydrogen (secondary N) is 4. The van der Waals surface area contributed by atoms with Crippen molar-refractivity contribution in [2.45, 2.75) is 78.6 Å². The van der Waals surface area contributed by atoms with Crippen molar-refractivity contribution in [3.8, 4) is 0 Å². The minimum absolute atomic E-state index is 0.0148. The van der Waals surface area contributed by atoms with Crippen molar-refractivity contribution in [3.05, 3.63) is 29.8 Å². The number of alkyl carbamates (subject to hydrolysis) is 1. The summed E-state index contributed by atoms with van der Waals surface area (Å²) in [5.41, 5.74) is 6.67. The van der Waals surface area contributed by atoms with Gasteiger partial charge in [0.1, 0.15) is 18.7 Å². The van der Waals surface area contributed by atoms with Gasteiger partial charge in [0.25, 0.3) is 0 Å². The summed E-state index contributed by atoms with van der Waals surface area (Å²) in [5, 5.41) is 10.8. The second kappa shape index (κ2) is 14.9. The van der Waals surface area contributed by atoms with Gasteiger partial charge >= 0.3 is 6.09 Å². The molecule has 0 bridgehead atoms. The monoisotopic (exact) mass is 477 g/mol. The molecule has 10 heteroatoms. The lowest BCUT2D eigenvalue weighted by Crippen LogP contribution is -2.55. The van der Waals surface area contributed by atoms with Crippen LogP contribution in [0.2, 0.25) is 0 Å². The number of hydrogen-bond donors (Lipinski definition) is 5. The maximum absolute atomic E-state index is 12.9. The van der Waals surface area contributed by atoms with E-state index in [2.05, 4.69) is 21.3 Å². The number of carbonyl (C=O) groups excluding carboxylic acids is 4. The molecule has 1 rings (SSSR count). The maximum Gasteiger partial charge on any atom is 0.407 e. The molecule has 0 saturated carbocycles. The molecule has 1 aromatic carbocycles. The molecule has 190 valence electrons. The molecule has 0 aliphatic rings. The molecule has 0 aliphatic heterocycles. The van der Waals surface area contributed by atoms with E-state index in [9.17, 15) is 19.2 Å². The predicted molar refractivity (Wildman–Crippen MR) is 131 cm³/mol. The molecular formula is C24H39N5O5. The third kappa shape index (κ3) is 10.7. The first-order chi connectivity index (χ1) is 16.1. The summed E-state index contributed by atoms with van der Waals surface area (Å²) < 4.78 is 5.14. The molecule has 0 heterocycles. The lowest BCUT2D eigenvalue weighted by molar-refractivity contribution is -0.131. The number of nitrogens with two attached hydrogens (primary N) is 1. The van der Waals surface area contributed by atoms with Crippen LogP contribution >= 0.6 is 0 Å². The largest absolute Gasteiger partial charge is 0.445 e. The van der Waals surface area contributed by atoms with Crippen molar-refractivity contribution in [1.29, 1.82) is 0 Å². The number of anilines is 1. The molecule has 0 saturated heterocycles. The standard InChI is InChI=1S/C24H39N5O5/c1-6-7-8-19(28-23(32)21(15(2)3)29-20(30)13-25)22(31)27-18-11-9-17(10-12-18)14-34-24(33)26-16(4)5/h9-12,15-16,19,21H,6-8,13-14,25H2,1-5H3,(H,26,33)(H,27,31)(H,28,32)(H,29,30)/t19-,21-/m0/s1. The van der Waals surface area contributed by atoms with Crippen LogP contribution in [0.4, 0.5) is 10.5 Å². The molecular weight excluding hydrogens is 438 g/mol. The highest BCUT2D eigenvalue weighted by Crippen LogP contribution is 2.13. The van der Waals surface area contributed by atoms with E-state index >= 15 is 0 Å². The van der Waals surface area contributed by atoms with Crippen molar-refractivity contribution < 1.29 is 23.9 Å². The Balaban J connectivity index is 2.78. The first-order valence-electron chi connectivity index (χ1n) is 11.7. The highest BCUT2D eigenvalue weighted by Gasteiger charge is 2.28. The molecule has 0 aromatic heterocycles. The van der Waals surface area contributed by atoms with Crippen molar-refractivity contribution in [3.63, 3.8) is 0 Å². The van der Waals surface area contributed by atoms with E-state index in [1.165, 1.54) is 0 Å². The Kier molecular flexibility index (Phi) is 12.7. The lowest BCUT2D eigenvalue weighted by Gasteiger charge is -2.25. The van der Waals surface area contributed by atoms with Gasteiger partial charge in [-0.2, -0.15) is 0 Å². The number of benzene rings is 1. The molecule has 0 radical (unpaired) electrons. The summed E-state index contributed by atoms with van der Waals surface area (Å²) in [5.74, 6) is -1.40. The fraction of sp³-hybridized carbons (Fsp3) is 0.583. The topological polar surface area (TPSA) is 152 Å². The zero-order valence-corrected chi connectivity index (χ0v) is 20.8. The van der Waals surface area contributed by atoms with Crippen LogP contribution in [0.1, 0.15) is 59.4 Å². The fourth-order valence-electron chi connectivity index (χ4n) is 3.05. The SMILES string of the molecule is CCCC[C@H](NC(=O)[C@@H](NC(=O)CN)C(C)C)C(=O)Nc1ccc(COC(=O)NC(C)C)cc1. The van der Waals surface area contributed by atoms with Crippen LogP contribution in [0.3, 0.4) is 0 Å². The second-order valence-corrected chi connectivity index (χ2v) is 8.76. The van der Waals surface area contributed by atoms with Crippen molar-refractivity contribution >= 4 is 29.5 Å². The maximum atomic E-state index is 12.9. The molecule has 0 unspecified atom stereocenters. The Morgan fingerprint density at radius 1 is 0.941 bits per heavy atom. The van der Waals surface area contributed by atoms with E-state index in [-0.39, 0.29) is 31.0 Å². The van der Waals surface area contributed by atoms with Crippen LogP contribution in [-0.4, -0.2) is 48.5 Å². The number of amides is 4. The van der Waals surface area contributed by atoms with Gasteiger partial charge in [0.2, 0.25) is 17.7 Å². The summed E-state index contributed by atoms with van der Waals surface area (Å²) >= 11 is 0. The molecule has 2 atom stereocenters. The van der Waals surface area contributed by atoms with Gasteiger partial charge in [-0.1, -0.05) is 45.7 Å². The number of hydrogen-bond acceptors (Lipinski definition) is 6. The highest BCUT2D eigenvalue weighted by atomic mass is 16.5. The zero-order chi connectivity index (χ0) is 25.7. The van der Waals surface area contributed by atoms with E-state index in [1.807, 2.05) is 20.8 Å². The van der Waals surface area contributed by atoms with Crippen LogP contribution in [0.25, 0.3) is 0 Å². The number of carbonyl (C=O) groups is 4. The minimum Gasteiger partial charge on any atom is -0.445 e. The fourth-order valence-corrected chi connectivity index (χ4v) is 3.05. The van der Waals surface area contributed by atoms with Crippen molar-refractivity contribution in [1.82, 2.24) is 16.0 Å². The van der Waals surface area contributed by atoms with Gasteiger partial charge in [-0.3, -0.25) is 14.4 Å². The van der Waals surface area contributed by atoms with E-state index in [0.717, 1.165) is 18.4 Å². The number of unbranched alkanes of at least 4 members (excludes halogenated alkanes) is 1. The van der Waals surface area contributed by atoms with E-state index in [0.29, 0.717) is 12.1 Å². The van der Waals surface area contributed by atoms with Gasteiger partial charge in [-0.25, -0.2) is 4.79 Å². The molecule has 34 heavy (non-hydrogen) atoms. The first kappa shape index (κ1) is 28.9. The van der Waals surface area contributed by atoms with Gasteiger partial charge in [-0.15, -0.1) is 0 Å². The van der Waals surface area contributed by atoms with Crippen molar-refractivity contribution in [2.75, 3.05) is 11.9 Å². The quantitative estimate of drug-likeness (QED) is 0.293. The average Bonchev–Trinajstić information content (AvgIpc) is 2.78. The van der Waals surface area contributed by atoms with Gasteiger partial charge < -0.3 is 31.7 Å². The average molecular weight is 478 g/mol. The first-order valence-corrected chi connectivity index (χ1v) is 11.7. The Morgan fingerprint density at radius 3 is 2.12 bits per heavy atom. The Bertz CT molecular complexity index is 810. The van der Waals surface area contributed by atoms with Crippen LogP contribution < -0.4 is 27.0 Å². The van der Waals surface area contributed by atoms with Crippen molar-refractivity contribution in [2.24, 2.45) is 11.7 Å². The third-order valence-electron chi connectivity index (χ3n) is 4.93. The molecule has 6 N–H and O–H groups in total. The van der Waals surface area contributed by atoms with Crippen LogP contribution in [0.15, 0.2) is 24.3 Å². The number of ether oxygens (including phenoxy) is 1. The number of rotatable bonds is 13. The lowest BCUT2D eigenvalue weighted by atomic mass is 10.0. The van der Waals surface area contributed by atoms with Gasteiger partial charge in [-0.05, 0) is 43.9 Å². The van der Waals surface area contributed by atoms with E-state index in [1.54, 1.807) is 38.1 Å². The van der Waals surface area contributed by atoms with Crippen LogP contribution in [0, 0.1) is 5.92 Å². The zero-order valence-electron chi connectivity index (χ0n) is 20.8. The van der Waals surface area contributed by atoms with E-state index in [4.69, 9.17) is 10.5 Å². The predicted octanol–water partition coefficient (Wildman–Crippen LogP) is 2.03. The van der Waals surface area contributed by atoms with Gasteiger partial charge in [0.05, 0.1) is 6.54 Å². The second-order valence-electron chi connectivity index (χ2n) is 8.76. The van der Waals surface area contributed by atoms with Crippen LogP contribution in [-0.2, 0) is 25.7 Å². The Hall–Kier alpha value is -3.14. The van der Waals surface area contributed by atoms with Gasteiger partial charge in [0, 0.05) is 11.7 Å². The molecule has 10 nitrogen and oxygen atoms in total. The third-order valence-corrected chi connectivity index (χ3v) is 4.93.